The smallest absolute Gasteiger partial charge is 0.237 e. The Hall–Kier alpha value is -1.70. The van der Waals surface area contributed by atoms with E-state index in [2.05, 4.69) is 42.6 Å². The molecule has 2 fully saturated rings. The van der Waals surface area contributed by atoms with E-state index >= 15 is 0 Å². The predicted octanol–water partition coefficient (Wildman–Crippen LogP) is 2.22. The van der Waals surface area contributed by atoms with E-state index in [0.717, 1.165) is 51.3 Å². The minimum Gasteiger partial charge on any atom is -0.354 e. The van der Waals surface area contributed by atoms with E-state index < -0.39 is 0 Å². The molecule has 0 radical (unpaired) electrons. The van der Waals surface area contributed by atoms with Gasteiger partial charge in [-0.25, -0.2) is 0 Å². The fourth-order valence-electron chi connectivity index (χ4n) is 4.07. The number of nitrogens with one attached hydrogen (secondary N) is 3. The Morgan fingerprint density at radius 1 is 1.38 bits per heavy atom. The molecule has 7 heteroatoms. The summed E-state index contributed by atoms with van der Waals surface area (Å²) < 4.78 is 0. The first-order valence-electron chi connectivity index (χ1n) is 9.58. The van der Waals surface area contributed by atoms with Gasteiger partial charge in [-0.1, -0.05) is 0 Å². The van der Waals surface area contributed by atoms with Crippen molar-refractivity contribution in [1.82, 2.24) is 25.7 Å². The number of hydrogen-bond acceptors (Lipinski definition) is 5. The highest BCUT2D eigenvalue weighted by molar-refractivity contribution is 7.08. The summed E-state index contributed by atoms with van der Waals surface area (Å²) in [6, 6.07) is 2.15. The molecule has 0 bridgehead atoms. The van der Waals surface area contributed by atoms with Gasteiger partial charge in [0.15, 0.2) is 0 Å². The number of carbonyl (C=O) groups is 1. The van der Waals surface area contributed by atoms with E-state index in [9.17, 15) is 4.79 Å². The molecule has 2 saturated heterocycles. The van der Waals surface area contributed by atoms with Crippen molar-refractivity contribution in [3.63, 3.8) is 0 Å². The zero-order valence-corrected chi connectivity index (χ0v) is 15.9. The minimum absolute atomic E-state index is 0.0220. The van der Waals surface area contributed by atoms with Gasteiger partial charge in [0.1, 0.15) is 0 Å². The monoisotopic (exact) mass is 373 g/mol. The van der Waals surface area contributed by atoms with Gasteiger partial charge in [0, 0.05) is 36.1 Å². The van der Waals surface area contributed by atoms with Crippen molar-refractivity contribution in [3.8, 4) is 11.3 Å². The molecular formula is C19H27N5OS. The zero-order valence-electron chi connectivity index (χ0n) is 15.0. The van der Waals surface area contributed by atoms with Crippen molar-refractivity contribution >= 4 is 17.2 Å². The maximum atomic E-state index is 12.2. The SMILES string of the molecule is O=C(NCC1CCCN(Cc2cn[nH]c2-c2ccsc2)C1)C1CCCN1. The number of nitrogens with zero attached hydrogens (tertiary/aromatic N) is 2. The molecule has 2 aromatic rings. The summed E-state index contributed by atoms with van der Waals surface area (Å²) in [5.41, 5.74) is 3.60. The summed E-state index contributed by atoms with van der Waals surface area (Å²) >= 11 is 1.71. The Kier molecular flexibility index (Phi) is 5.67. The quantitative estimate of drug-likeness (QED) is 0.726. The molecule has 0 saturated carbocycles. The van der Waals surface area contributed by atoms with E-state index in [1.807, 2.05) is 6.20 Å². The van der Waals surface area contributed by atoms with Gasteiger partial charge >= 0.3 is 0 Å². The first kappa shape index (κ1) is 17.7. The number of amides is 1. The van der Waals surface area contributed by atoms with Crippen molar-refractivity contribution in [3.05, 3.63) is 28.6 Å². The highest BCUT2D eigenvalue weighted by atomic mass is 32.1. The van der Waals surface area contributed by atoms with Crippen LogP contribution in [0.1, 0.15) is 31.2 Å². The zero-order chi connectivity index (χ0) is 17.8. The number of H-pyrrole nitrogens is 1. The number of aromatic nitrogens is 2. The van der Waals surface area contributed by atoms with Crippen LogP contribution in [0.3, 0.4) is 0 Å². The molecule has 1 amide bonds. The minimum atomic E-state index is 0.0220. The summed E-state index contributed by atoms with van der Waals surface area (Å²) in [6.07, 6.45) is 6.40. The molecule has 2 atom stereocenters. The number of rotatable bonds is 6. The van der Waals surface area contributed by atoms with Crippen LogP contribution in [0.2, 0.25) is 0 Å². The number of likely N-dealkylation sites (tertiary alicyclic amines) is 1. The van der Waals surface area contributed by atoms with Gasteiger partial charge in [0.2, 0.25) is 5.91 Å². The Bertz CT molecular complexity index is 707. The van der Waals surface area contributed by atoms with E-state index in [-0.39, 0.29) is 11.9 Å². The van der Waals surface area contributed by atoms with Crippen molar-refractivity contribution in [1.29, 1.82) is 0 Å². The van der Waals surface area contributed by atoms with Gasteiger partial charge in [0.05, 0.1) is 17.9 Å². The van der Waals surface area contributed by atoms with Crippen LogP contribution < -0.4 is 10.6 Å². The lowest BCUT2D eigenvalue weighted by Crippen LogP contribution is -2.45. The van der Waals surface area contributed by atoms with Crippen LogP contribution in [0.25, 0.3) is 11.3 Å². The van der Waals surface area contributed by atoms with Crippen LogP contribution >= 0.6 is 11.3 Å². The molecular weight excluding hydrogens is 346 g/mol. The Labute approximate surface area is 158 Å². The average molecular weight is 374 g/mol. The van der Waals surface area contributed by atoms with Crippen LogP contribution in [0, 0.1) is 5.92 Å². The molecule has 4 rings (SSSR count). The molecule has 140 valence electrons. The second-order valence-electron chi connectivity index (χ2n) is 7.42. The molecule has 0 aliphatic carbocycles. The fraction of sp³-hybridized carbons (Fsp3) is 0.579. The number of hydrogen-bond donors (Lipinski definition) is 3. The second-order valence-corrected chi connectivity index (χ2v) is 8.20. The van der Waals surface area contributed by atoms with E-state index in [0.29, 0.717) is 5.92 Å². The Morgan fingerprint density at radius 3 is 3.15 bits per heavy atom. The molecule has 0 spiro atoms. The number of piperidine rings is 1. The second kappa shape index (κ2) is 8.33. The van der Waals surface area contributed by atoms with Crippen molar-refractivity contribution in [2.45, 2.75) is 38.3 Å². The van der Waals surface area contributed by atoms with Crippen molar-refractivity contribution in [2.75, 3.05) is 26.2 Å². The highest BCUT2D eigenvalue weighted by Crippen LogP contribution is 2.26. The molecule has 2 unspecified atom stereocenters. The number of thiophene rings is 1. The number of carbonyl (C=O) groups excluding carboxylic acids is 1. The lowest BCUT2D eigenvalue weighted by molar-refractivity contribution is -0.123. The maximum absolute atomic E-state index is 12.2. The summed E-state index contributed by atoms with van der Waals surface area (Å²) in [7, 11) is 0. The maximum Gasteiger partial charge on any atom is 0.237 e. The Balaban J connectivity index is 1.30. The summed E-state index contributed by atoms with van der Waals surface area (Å²) in [4.78, 5) is 14.7. The van der Waals surface area contributed by atoms with Gasteiger partial charge in [-0.05, 0) is 56.1 Å². The van der Waals surface area contributed by atoms with Gasteiger partial charge < -0.3 is 10.6 Å². The van der Waals surface area contributed by atoms with Crippen molar-refractivity contribution in [2.24, 2.45) is 5.92 Å². The molecule has 3 N–H and O–H groups in total. The molecule has 2 aliphatic rings. The van der Waals surface area contributed by atoms with Crippen LogP contribution in [-0.2, 0) is 11.3 Å². The highest BCUT2D eigenvalue weighted by Gasteiger charge is 2.25. The van der Waals surface area contributed by atoms with E-state index in [1.54, 1.807) is 11.3 Å². The van der Waals surface area contributed by atoms with Gasteiger partial charge in [0.25, 0.3) is 0 Å². The third-order valence-corrected chi connectivity index (χ3v) is 6.15. The van der Waals surface area contributed by atoms with Gasteiger partial charge in [-0.3, -0.25) is 14.8 Å². The van der Waals surface area contributed by atoms with Crippen molar-refractivity contribution < 1.29 is 4.79 Å². The predicted molar refractivity (Wildman–Crippen MR) is 104 cm³/mol. The first-order valence-corrected chi connectivity index (χ1v) is 10.5. The first-order chi connectivity index (χ1) is 12.8. The Morgan fingerprint density at radius 2 is 2.35 bits per heavy atom. The normalized spacial score (nSPS) is 24.0. The third kappa shape index (κ3) is 4.16. The summed E-state index contributed by atoms with van der Waals surface area (Å²) in [5, 5.41) is 18.1. The van der Waals surface area contributed by atoms with Crippen LogP contribution in [0.15, 0.2) is 23.0 Å². The molecule has 0 aromatic carbocycles. The third-order valence-electron chi connectivity index (χ3n) is 5.47. The molecule has 6 nitrogen and oxygen atoms in total. The molecule has 4 heterocycles. The lowest BCUT2D eigenvalue weighted by Gasteiger charge is -2.33. The average Bonchev–Trinajstić information content (AvgIpc) is 3.41. The van der Waals surface area contributed by atoms with Gasteiger partial charge in [-0.15, -0.1) is 0 Å². The van der Waals surface area contributed by atoms with E-state index in [1.165, 1.54) is 24.0 Å². The van der Waals surface area contributed by atoms with Crippen LogP contribution in [0.4, 0.5) is 0 Å². The lowest BCUT2D eigenvalue weighted by atomic mass is 9.97. The van der Waals surface area contributed by atoms with Crippen LogP contribution in [0.5, 0.6) is 0 Å². The molecule has 26 heavy (non-hydrogen) atoms. The molecule has 2 aromatic heterocycles. The van der Waals surface area contributed by atoms with E-state index in [4.69, 9.17) is 0 Å². The number of aromatic amines is 1. The van der Waals surface area contributed by atoms with Crippen LogP contribution in [-0.4, -0.2) is 53.2 Å². The molecule has 2 aliphatic heterocycles. The van der Waals surface area contributed by atoms with Gasteiger partial charge in [-0.2, -0.15) is 16.4 Å². The standard InChI is InChI=1S/C19H27N5OS/c25-19(17-4-1-6-20-17)21-9-14-3-2-7-24(11-14)12-16-10-22-23-18(16)15-5-8-26-13-15/h5,8,10,13-14,17,20H,1-4,6-7,9,11-12H2,(H,21,25)(H,22,23). The fourth-order valence-corrected chi connectivity index (χ4v) is 4.71. The largest absolute Gasteiger partial charge is 0.354 e. The summed E-state index contributed by atoms with van der Waals surface area (Å²) in [5.74, 6) is 0.708. The topological polar surface area (TPSA) is 73.0 Å². The summed E-state index contributed by atoms with van der Waals surface area (Å²) in [6.45, 7) is 4.81.